The molecule has 4 rings (SSSR count). The topological polar surface area (TPSA) is 318 Å². The van der Waals surface area contributed by atoms with E-state index < -0.39 is 65.1 Å². The van der Waals surface area contributed by atoms with Crippen molar-refractivity contribution in [1.82, 2.24) is 14.5 Å². The maximum absolute atomic E-state index is 13.0. The molecule has 1 saturated heterocycles. The molecular weight excluding hydrogens is 683 g/mol. The van der Waals surface area contributed by atoms with E-state index in [2.05, 4.69) is 23.1 Å². The fourth-order valence-electron chi connectivity index (χ4n) is 4.80. The summed E-state index contributed by atoms with van der Waals surface area (Å²) in [5, 5.41) is 22.2. The molecular formula is C22H30N5O16P3. The Kier molecular flexibility index (Phi) is 10.7. The number of anilines is 1. The Morgan fingerprint density at radius 1 is 1.17 bits per heavy atom. The summed E-state index contributed by atoms with van der Waals surface area (Å²) in [6.07, 6.45) is -3.33. The smallest absolute Gasteiger partial charge is 0.390 e. The maximum Gasteiger partial charge on any atom is 0.490 e. The van der Waals surface area contributed by atoms with Gasteiger partial charge in [-0.05, 0) is 12.0 Å². The zero-order valence-corrected chi connectivity index (χ0v) is 26.6. The van der Waals surface area contributed by atoms with E-state index in [0.717, 1.165) is 0 Å². The van der Waals surface area contributed by atoms with Crippen LogP contribution in [0.15, 0.2) is 35.3 Å². The van der Waals surface area contributed by atoms with Crippen molar-refractivity contribution in [3.63, 3.8) is 0 Å². The van der Waals surface area contributed by atoms with Gasteiger partial charge in [0.2, 0.25) is 5.95 Å². The molecule has 2 aromatic heterocycles. The van der Waals surface area contributed by atoms with E-state index in [1.54, 1.807) is 26.0 Å². The Bertz CT molecular complexity index is 1810. The molecule has 3 aromatic rings. The van der Waals surface area contributed by atoms with Crippen molar-refractivity contribution in [2.75, 3.05) is 12.3 Å². The molecule has 1 aliphatic heterocycles. The molecule has 1 aliphatic rings. The van der Waals surface area contributed by atoms with E-state index in [4.69, 9.17) is 25.0 Å². The fourth-order valence-corrected chi connectivity index (χ4v) is 7.83. The molecule has 1 aromatic carbocycles. The normalized spacial score (nSPS) is 22.1. The molecule has 46 heavy (non-hydrogen) atoms. The van der Waals surface area contributed by atoms with Crippen molar-refractivity contribution in [2.45, 2.75) is 51.4 Å². The Balaban J connectivity index is 1.56. The average Bonchev–Trinajstić information content (AvgIpc) is 3.45. The van der Waals surface area contributed by atoms with Gasteiger partial charge in [0.1, 0.15) is 12.3 Å². The monoisotopic (exact) mass is 713 g/mol. The number of fused-ring (bicyclic) bond motifs is 1. The number of hydrogen-bond acceptors (Lipinski definition) is 14. The molecule has 24 heteroatoms. The summed E-state index contributed by atoms with van der Waals surface area (Å²) >= 11 is 0. The molecule has 3 heterocycles. The molecule has 254 valence electrons. The Morgan fingerprint density at radius 3 is 2.48 bits per heavy atom. The zero-order chi connectivity index (χ0) is 34.2. The minimum absolute atomic E-state index is 0.0115. The van der Waals surface area contributed by atoms with E-state index in [9.17, 15) is 43.5 Å². The Labute approximate surface area is 258 Å². The lowest BCUT2D eigenvalue weighted by Crippen LogP contribution is -2.26. The van der Waals surface area contributed by atoms with Gasteiger partial charge in [-0.25, -0.2) is 13.7 Å². The van der Waals surface area contributed by atoms with Gasteiger partial charge in [-0.1, -0.05) is 26.0 Å². The predicted molar refractivity (Wildman–Crippen MR) is 155 cm³/mol. The van der Waals surface area contributed by atoms with Crippen molar-refractivity contribution in [3.05, 3.63) is 62.1 Å². The molecule has 0 bridgehead atoms. The van der Waals surface area contributed by atoms with Crippen LogP contribution in [0.25, 0.3) is 11.0 Å². The number of nitrogens with zero attached hydrogens (tertiary/aromatic N) is 3. The molecule has 3 unspecified atom stereocenters. The second kappa shape index (κ2) is 13.7. The fraction of sp³-hybridized carbons (Fsp3) is 0.455. The maximum atomic E-state index is 13.0. The number of phosphoric ester groups is 1. The van der Waals surface area contributed by atoms with Crippen LogP contribution in [0, 0.1) is 16.0 Å². The molecule has 21 nitrogen and oxygen atoms in total. The summed E-state index contributed by atoms with van der Waals surface area (Å²) in [7, 11) is -16.9. The van der Waals surface area contributed by atoms with Crippen molar-refractivity contribution in [3.8, 4) is 0 Å². The van der Waals surface area contributed by atoms with Crippen LogP contribution < -0.4 is 11.3 Å². The Morgan fingerprint density at radius 2 is 1.85 bits per heavy atom. The van der Waals surface area contributed by atoms with Crippen LogP contribution in [0.5, 0.6) is 0 Å². The van der Waals surface area contributed by atoms with E-state index in [-0.39, 0.29) is 47.2 Å². The molecule has 8 N–H and O–H groups in total. The van der Waals surface area contributed by atoms with Crippen molar-refractivity contribution >= 4 is 46.1 Å². The van der Waals surface area contributed by atoms with Crippen molar-refractivity contribution in [2.24, 2.45) is 5.92 Å². The standard InChI is InChI=1S/C22H30N5O16P3/c1-11(2)19(13-5-3-4-6-14(13)27(30)31)39-9-12-8-26(20-18(12)21(29)25-22(23)24-20)17-7-15(28)16(41-17)10-40-45(35,36)43-46(37,38)42-44(32,33)34/h3-6,8,11,15-17,19,28H,7,9-10H2,1-2H3,(H,35,36)(H,37,38)(H2,32,33,34)(H3,23,24,25,29)/t15?,16-,17-,19-/m1/s1. The summed E-state index contributed by atoms with van der Waals surface area (Å²) in [6, 6.07) is 6.07. The number of aromatic amines is 1. The van der Waals surface area contributed by atoms with Gasteiger partial charge in [-0.3, -0.25) is 24.4 Å². The summed E-state index contributed by atoms with van der Waals surface area (Å²) in [6.45, 7) is 2.46. The van der Waals surface area contributed by atoms with Crippen molar-refractivity contribution in [1.29, 1.82) is 0 Å². The van der Waals surface area contributed by atoms with E-state index in [1.807, 2.05) is 0 Å². The number of nitrogen functional groups attached to an aromatic ring is 1. The first-order valence-electron chi connectivity index (χ1n) is 13.1. The number of H-pyrrole nitrogens is 1. The van der Waals surface area contributed by atoms with Gasteiger partial charge < -0.3 is 44.5 Å². The number of aliphatic hydroxyl groups is 1. The number of rotatable bonds is 14. The summed E-state index contributed by atoms with van der Waals surface area (Å²) in [5.74, 6) is -0.489. The SMILES string of the molecule is CC(C)[C@@H](OCc1cn([C@H]2CC(O)[C@@H](COP(=O)(O)OP(=O)(O)OP(=O)(O)O)O2)c2nc(N)[nH]c(=O)c12)c1ccccc1[N+](=O)[O-]. The highest BCUT2D eigenvalue weighted by atomic mass is 31.3. The Hall–Kier alpha value is -2.87. The molecule has 0 spiro atoms. The van der Waals surface area contributed by atoms with Gasteiger partial charge in [0.15, 0.2) is 5.65 Å². The molecule has 1 fully saturated rings. The van der Waals surface area contributed by atoms with Crippen LogP contribution >= 0.6 is 23.5 Å². The summed E-state index contributed by atoms with van der Waals surface area (Å²) < 4.78 is 59.6. The van der Waals surface area contributed by atoms with Crippen LogP contribution in [-0.2, 0) is 42.9 Å². The number of aromatic nitrogens is 3. The first-order valence-corrected chi connectivity index (χ1v) is 17.6. The molecule has 0 amide bonds. The lowest BCUT2D eigenvalue weighted by Gasteiger charge is -2.21. The highest BCUT2D eigenvalue weighted by Crippen LogP contribution is 2.66. The number of nitro groups is 1. The number of hydrogen-bond donors (Lipinski definition) is 7. The molecule has 0 saturated carbocycles. The van der Waals surface area contributed by atoms with Crippen LogP contribution in [0.4, 0.5) is 11.6 Å². The highest BCUT2D eigenvalue weighted by Gasteiger charge is 2.43. The number of aliphatic hydroxyl groups excluding tert-OH is 1. The minimum Gasteiger partial charge on any atom is -0.390 e. The van der Waals surface area contributed by atoms with Gasteiger partial charge >= 0.3 is 23.5 Å². The zero-order valence-electron chi connectivity index (χ0n) is 23.9. The second-order valence-corrected chi connectivity index (χ2v) is 14.7. The quantitative estimate of drug-likeness (QED) is 0.0714. The van der Waals surface area contributed by atoms with Crippen molar-refractivity contribution < 1.29 is 65.9 Å². The summed E-state index contributed by atoms with van der Waals surface area (Å²) in [4.78, 5) is 67.0. The van der Waals surface area contributed by atoms with Gasteiger partial charge in [0, 0.05) is 24.2 Å². The second-order valence-electron chi connectivity index (χ2n) is 10.3. The van der Waals surface area contributed by atoms with Gasteiger partial charge in [0.25, 0.3) is 11.2 Å². The number of para-hydroxylation sites is 1. The largest absolute Gasteiger partial charge is 0.490 e. The lowest BCUT2D eigenvalue weighted by molar-refractivity contribution is -0.386. The van der Waals surface area contributed by atoms with Crippen LogP contribution in [0.3, 0.4) is 0 Å². The van der Waals surface area contributed by atoms with Gasteiger partial charge in [-0.2, -0.15) is 13.6 Å². The molecule has 0 aliphatic carbocycles. The highest BCUT2D eigenvalue weighted by molar-refractivity contribution is 7.66. The predicted octanol–water partition coefficient (Wildman–Crippen LogP) is 2.12. The minimum atomic E-state index is -5.76. The van der Waals surface area contributed by atoms with Gasteiger partial charge in [0.05, 0.1) is 41.3 Å². The average molecular weight is 713 g/mol. The van der Waals surface area contributed by atoms with Gasteiger partial charge in [-0.15, -0.1) is 0 Å². The number of nitrogens with one attached hydrogen (secondary N) is 1. The summed E-state index contributed by atoms with van der Waals surface area (Å²) in [5.41, 5.74) is 5.59. The third-order valence-electron chi connectivity index (χ3n) is 6.58. The third-order valence-corrected chi connectivity index (χ3v) is 10.4. The van der Waals surface area contributed by atoms with Crippen LogP contribution in [0.1, 0.15) is 43.7 Å². The van der Waals surface area contributed by atoms with Crippen LogP contribution in [-0.4, -0.2) is 63.0 Å². The molecule has 0 radical (unpaired) electrons. The lowest BCUT2D eigenvalue weighted by atomic mass is 9.97. The number of ether oxygens (including phenoxy) is 2. The number of benzene rings is 1. The first-order chi connectivity index (χ1) is 21.3. The van der Waals surface area contributed by atoms with E-state index in [0.29, 0.717) is 5.56 Å². The van der Waals surface area contributed by atoms with E-state index in [1.165, 1.54) is 22.9 Å². The third kappa shape index (κ3) is 8.72. The number of nitrogens with two attached hydrogens (primary N) is 1. The first kappa shape index (κ1) is 36.0. The van der Waals surface area contributed by atoms with Crippen LogP contribution in [0.2, 0.25) is 0 Å². The number of phosphoric acid groups is 3. The number of nitro benzene ring substituents is 1. The van der Waals surface area contributed by atoms with E-state index >= 15 is 0 Å². The molecule has 6 atom stereocenters.